The number of carbonyl (C=O) groups is 1. The zero-order valence-corrected chi connectivity index (χ0v) is 19.4. The van der Waals surface area contributed by atoms with Gasteiger partial charge in [0.25, 0.3) is 0 Å². The molecule has 0 bridgehead atoms. The summed E-state index contributed by atoms with van der Waals surface area (Å²) < 4.78 is 0. The van der Waals surface area contributed by atoms with Gasteiger partial charge < -0.3 is 10.4 Å². The van der Waals surface area contributed by atoms with Crippen LogP contribution in [0.2, 0.25) is 0 Å². The number of hydrogen-bond donors (Lipinski definition) is 2. The highest BCUT2D eigenvalue weighted by Gasteiger charge is 2.15. The summed E-state index contributed by atoms with van der Waals surface area (Å²) in [4.78, 5) is 22.9. The maximum Gasteiger partial charge on any atom is 0.335 e. The highest BCUT2D eigenvalue weighted by atomic mass is 32.1. The number of aryl methyl sites for hydroxylation is 2. The number of anilines is 2. The molecular formula is C27H25N3O2S. The molecule has 0 unspecified atom stereocenters. The van der Waals surface area contributed by atoms with Gasteiger partial charge in [0.15, 0.2) is 5.82 Å². The number of thiophene rings is 1. The predicted octanol–water partition coefficient (Wildman–Crippen LogP) is 6.91. The molecule has 0 aliphatic heterocycles. The molecule has 33 heavy (non-hydrogen) atoms. The van der Waals surface area contributed by atoms with Crippen molar-refractivity contribution in [3.8, 4) is 21.1 Å². The van der Waals surface area contributed by atoms with Crippen molar-refractivity contribution in [1.82, 2.24) is 9.97 Å². The minimum absolute atomic E-state index is 0.240. The first-order valence-corrected chi connectivity index (χ1v) is 11.6. The molecule has 0 amide bonds. The number of nitrogens with zero attached hydrogens (tertiary/aromatic N) is 2. The van der Waals surface area contributed by atoms with Crippen LogP contribution in [0.5, 0.6) is 0 Å². The predicted molar refractivity (Wildman–Crippen MR) is 135 cm³/mol. The van der Waals surface area contributed by atoms with E-state index in [1.165, 1.54) is 16.0 Å². The van der Waals surface area contributed by atoms with Crippen LogP contribution in [0.1, 0.15) is 34.1 Å². The Hall–Kier alpha value is -3.77. The Bertz CT molecular complexity index is 1290. The highest BCUT2D eigenvalue weighted by Crippen LogP contribution is 2.35. The number of hydrogen-bond acceptors (Lipinski definition) is 5. The third kappa shape index (κ3) is 5.02. The van der Waals surface area contributed by atoms with Gasteiger partial charge >= 0.3 is 5.97 Å². The molecule has 2 heterocycles. The number of nitrogens with one attached hydrogen (secondary N) is 1. The summed E-state index contributed by atoms with van der Waals surface area (Å²) in [6.07, 6.45) is 3.48. The molecule has 0 radical (unpaired) electrons. The summed E-state index contributed by atoms with van der Waals surface area (Å²) in [6, 6.07) is 19.4. The van der Waals surface area contributed by atoms with E-state index in [4.69, 9.17) is 15.1 Å². The molecule has 2 aromatic heterocycles. The topological polar surface area (TPSA) is 75.1 Å². The van der Waals surface area contributed by atoms with Crippen molar-refractivity contribution in [2.75, 3.05) is 5.32 Å². The molecular weight excluding hydrogens is 430 g/mol. The van der Waals surface area contributed by atoms with Gasteiger partial charge in [-0.25, -0.2) is 14.8 Å². The van der Waals surface area contributed by atoms with E-state index in [0.29, 0.717) is 18.1 Å². The SMILES string of the molecule is C=CCc1c(C)nc(-c2ccc(-c3ccc(CC)cc3)s2)nc1Nc1ccc(C(=O)O)cc1. The zero-order chi connectivity index (χ0) is 23.4. The van der Waals surface area contributed by atoms with Crippen molar-refractivity contribution in [2.45, 2.75) is 26.7 Å². The van der Waals surface area contributed by atoms with E-state index in [-0.39, 0.29) is 5.56 Å². The van der Waals surface area contributed by atoms with Crippen molar-refractivity contribution in [1.29, 1.82) is 0 Å². The Kier molecular flexibility index (Phi) is 6.66. The van der Waals surface area contributed by atoms with Gasteiger partial charge in [0.1, 0.15) is 5.82 Å². The fourth-order valence-corrected chi connectivity index (χ4v) is 4.49. The first-order chi connectivity index (χ1) is 16.0. The standard InChI is InChI=1S/C27H25N3O2S/c1-4-6-22-17(3)28-26(30-25(22)29-21-13-11-20(12-14-21)27(31)32)24-16-15-23(33-24)19-9-7-18(5-2)8-10-19/h4,7-16H,1,5-6H2,2-3H3,(H,31,32)(H,28,29,30). The molecule has 6 heteroatoms. The number of aromatic nitrogens is 2. The lowest BCUT2D eigenvalue weighted by Gasteiger charge is -2.14. The quantitative estimate of drug-likeness (QED) is 0.282. The van der Waals surface area contributed by atoms with Crippen molar-refractivity contribution in [2.24, 2.45) is 0 Å². The molecule has 5 nitrogen and oxygen atoms in total. The zero-order valence-electron chi connectivity index (χ0n) is 18.6. The summed E-state index contributed by atoms with van der Waals surface area (Å²) in [6.45, 7) is 7.99. The number of carboxylic acids is 1. The molecule has 2 aromatic carbocycles. The molecule has 0 fully saturated rings. The van der Waals surface area contributed by atoms with Crippen LogP contribution in [0.15, 0.2) is 73.3 Å². The van der Waals surface area contributed by atoms with E-state index in [1.54, 1.807) is 35.6 Å². The summed E-state index contributed by atoms with van der Waals surface area (Å²) in [5, 5.41) is 12.5. The Morgan fingerprint density at radius 1 is 1.03 bits per heavy atom. The fraction of sp³-hybridized carbons (Fsp3) is 0.148. The lowest BCUT2D eigenvalue weighted by molar-refractivity contribution is 0.0697. The minimum atomic E-state index is -0.952. The van der Waals surface area contributed by atoms with E-state index in [2.05, 4.69) is 55.2 Å². The van der Waals surface area contributed by atoms with Crippen LogP contribution in [0.3, 0.4) is 0 Å². The normalized spacial score (nSPS) is 10.7. The lowest BCUT2D eigenvalue weighted by atomic mass is 10.1. The van der Waals surface area contributed by atoms with Crippen LogP contribution in [0, 0.1) is 6.92 Å². The van der Waals surface area contributed by atoms with Crippen molar-refractivity contribution < 1.29 is 9.90 Å². The molecule has 0 atom stereocenters. The lowest BCUT2D eigenvalue weighted by Crippen LogP contribution is -2.05. The molecule has 4 aromatic rings. The van der Waals surface area contributed by atoms with Crippen molar-refractivity contribution in [3.05, 3.63) is 95.7 Å². The van der Waals surface area contributed by atoms with E-state index < -0.39 is 5.97 Å². The first-order valence-electron chi connectivity index (χ1n) is 10.8. The maximum absolute atomic E-state index is 11.1. The number of rotatable bonds is 8. The van der Waals surface area contributed by atoms with Crippen LogP contribution in [-0.2, 0) is 12.8 Å². The van der Waals surface area contributed by atoms with Crippen LogP contribution in [-0.4, -0.2) is 21.0 Å². The average Bonchev–Trinajstić information content (AvgIpc) is 3.32. The fourth-order valence-electron chi connectivity index (χ4n) is 3.55. The monoisotopic (exact) mass is 455 g/mol. The second-order valence-corrected chi connectivity index (χ2v) is 8.76. The third-order valence-corrected chi connectivity index (χ3v) is 6.56. The summed E-state index contributed by atoms with van der Waals surface area (Å²) >= 11 is 1.66. The second-order valence-electron chi connectivity index (χ2n) is 7.67. The van der Waals surface area contributed by atoms with Gasteiger partial charge in [0.05, 0.1) is 10.4 Å². The van der Waals surface area contributed by atoms with E-state index in [9.17, 15) is 4.79 Å². The van der Waals surface area contributed by atoms with E-state index in [1.807, 2.05) is 13.0 Å². The van der Waals surface area contributed by atoms with Crippen molar-refractivity contribution in [3.63, 3.8) is 0 Å². The molecule has 0 saturated heterocycles. The minimum Gasteiger partial charge on any atom is -0.478 e. The van der Waals surface area contributed by atoms with Crippen LogP contribution in [0.4, 0.5) is 11.5 Å². The Morgan fingerprint density at radius 3 is 2.36 bits per heavy atom. The molecule has 0 aliphatic rings. The van der Waals surface area contributed by atoms with E-state index >= 15 is 0 Å². The Labute approximate surface area is 197 Å². The van der Waals surface area contributed by atoms with Gasteiger partial charge in [-0.3, -0.25) is 0 Å². The van der Waals surface area contributed by atoms with Gasteiger partial charge in [-0.1, -0.05) is 37.3 Å². The highest BCUT2D eigenvalue weighted by molar-refractivity contribution is 7.18. The third-order valence-electron chi connectivity index (χ3n) is 5.43. The summed E-state index contributed by atoms with van der Waals surface area (Å²) in [5.41, 5.74) is 5.34. The number of carboxylic acid groups (broad SMARTS) is 1. The van der Waals surface area contributed by atoms with Gasteiger partial charge in [0, 0.05) is 21.8 Å². The smallest absolute Gasteiger partial charge is 0.335 e. The number of benzene rings is 2. The summed E-state index contributed by atoms with van der Waals surface area (Å²) in [7, 11) is 0. The first kappa shape index (κ1) is 22.4. The number of aromatic carboxylic acids is 1. The second kappa shape index (κ2) is 9.79. The molecule has 0 aliphatic carbocycles. The van der Waals surface area contributed by atoms with Crippen LogP contribution < -0.4 is 5.32 Å². The van der Waals surface area contributed by atoms with Crippen LogP contribution >= 0.6 is 11.3 Å². The molecule has 0 spiro atoms. The molecule has 166 valence electrons. The van der Waals surface area contributed by atoms with Gasteiger partial charge in [0.2, 0.25) is 0 Å². The average molecular weight is 456 g/mol. The molecule has 2 N–H and O–H groups in total. The van der Waals surface area contributed by atoms with Gasteiger partial charge in [-0.15, -0.1) is 17.9 Å². The van der Waals surface area contributed by atoms with Gasteiger partial charge in [-0.05, 0) is 67.3 Å². The Balaban J connectivity index is 1.68. The molecule has 4 rings (SSSR count). The van der Waals surface area contributed by atoms with Gasteiger partial charge in [-0.2, -0.15) is 0 Å². The molecule has 0 saturated carbocycles. The van der Waals surface area contributed by atoms with Crippen LogP contribution in [0.25, 0.3) is 21.1 Å². The van der Waals surface area contributed by atoms with Crippen molar-refractivity contribution >= 4 is 28.8 Å². The summed E-state index contributed by atoms with van der Waals surface area (Å²) in [5.74, 6) is 0.404. The Morgan fingerprint density at radius 2 is 1.73 bits per heavy atom. The largest absolute Gasteiger partial charge is 0.478 e. The van der Waals surface area contributed by atoms with E-state index in [0.717, 1.165) is 28.2 Å². The number of allylic oxidation sites excluding steroid dienone is 1. The maximum atomic E-state index is 11.1.